The van der Waals surface area contributed by atoms with Gasteiger partial charge in [-0.25, -0.2) is 8.42 Å². The van der Waals surface area contributed by atoms with Crippen LogP contribution in [0.3, 0.4) is 0 Å². The van der Waals surface area contributed by atoms with Crippen LogP contribution in [0.4, 0.5) is 5.69 Å². The third kappa shape index (κ3) is 8.22. The van der Waals surface area contributed by atoms with E-state index in [1.807, 2.05) is 42.5 Å². The van der Waals surface area contributed by atoms with E-state index in [0.29, 0.717) is 21.3 Å². The molecule has 7 nitrogen and oxygen atoms in total. The van der Waals surface area contributed by atoms with E-state index in [1.165, 1.54) is 11.9 Å². The lowest BCUT2D eigenvalue weighted by Crippen LogP contribution is -2.52. The molecule has 0 bridgehead atoms. The Kier molecular flexibility index (Phi) is 10.3. The molecule has 2 amide bonds. The number of nitrogens with one attached hydrogen (secondary N) is 1. The van der Waals surface area contributed by atoms with Crippen LogP contribution in [0, 0.1) is 0 Å². The highest BCUT2D eigenvalue weighted by molar-refractivity contribution is 7.92. The first-order valence-electron chi connectivity index (χ1n) is 12.8. The van der Waals surface area contributed by atoms with E-state index >= 15 is 0 Å². The lowest BCUT2D eigenvalue weighted by molar-refractivity contribution is -0.139. The average molecular weight is 605 g/mol. The van der Waals surface area contributed by atoms with Gasteiger partial charge in [0.25, 0.3) is 0 Å². The zero-order chi connectivity index (χ0) is 29.7. The number of sulfonamides is 1. The number of hydrogen-bond acceptors (Lipinski definition) is 4. The molecule has 0 heterocycles. The summed E-state index contributed by atoms with van der Waals surface area (Å²) in [6.07, 6.45) is 1.29. The van der Waals surface area contributed by atoms with Crippen LogP contribution in [-0.4, -0.2) is 51.0 Å². The van der Waals surface area contributed by atoms with Gasteiger partial charge in [-0.05, 0) is 46.4 Å². The van der Waals surface area contributed by atoms with Crippen molar-refractivity contribution in [2.45, 2.75) is 45.2 Å². The van der Waals surface area contributed by atoms with Gasteiger partial charge >= 0.3 is 0 Å². The lowest BCUT2D eigenvalue weighted by atomic mass is 9.87. The Hall–Kier alpha value is -3.07. The molecule has 1 atom stereocenters. The molecule has 0 unspecified atom stereocenters. The van der Waals surface area contributed by atoms with E-state index < -0.39 is 28.5 Å². The zero-order valence-electron chi connectivity index (χ0n) is 23.3. The van der Waals surface area contributed by atoms with Crippen LogP contribution in [0.25, 0.3) is 0 Å². The molecule has 3 rings (SSSR count). The molecule has 0 radical (unpaired) electrons. The second kappa shape index (κ2) is 13.1. The standard InChI is InChI=1S/C30H35Cl2N3O4S/c1-30(2,3)23-12-14-24(15-13-23)35(40(5,38)39)20-28(36)34(19-22-11-16-25(31)26(32)17-22)27(29(37)33-4)18-21-9-7-6-8-10-21/h6-17,27H,18-20H2,1-5H3,(H,33,37)/t27-/m1/s1. The Morgan fingerprint density at radius 3 is 2.05 bits per heavy atom. The van der Waals surface area contributed by atoms with Crippen LogP contribution >= 0.6 is 23.2 Å². The normalized spacial score (nSPS) is 12.5. The molecule has 0 spiro atoms. The van der Waals surface area contributed by atoms with Crippen molar-refractivity contribution in [3.63, 3.8) is 0 Å². The summed E-state index contributed by atoms with van der Waals surface area (Å²) in [6.45, 7) is 5.71. The maximum Gasteiger partial charge on any atom is 0.244 e. The second-order valence-corrected chi connectivity index (χ2v) is 13.4. The van der Waals surface area contributed by atoms with Crippen molar-refractivity contribution in [3.8, 4) is 0 Å². The van der Waals surface area contributed by atoms with Crippen LogP contribution in [0.2, 0.25) is 10.0 Å². The minimum atomic E-state index is -3.84. The number of amides is 2. The Morgan fingerprint density at radius 2 is 1.52 bits per heavy atom. The molecular weight excluding hydrogens is 569 g/mol. The second-order valence-electron chi connectivity index (χ2n) is 10.7. The molecule has 0 aliphatic rings. The van der Waals surface area contributed by atoms with Crippen LogP contribution < -0.4 is 9.62 Å². The first-order valence-corrected chi connectivity index (χ1v) is 15.4. The van der Waals surface area contributed by atoms with Crippen molar-refractivity contribution in [1.29, 1.82) is 0 Å². The molecule has 40 heavy (non-hydrogen) atoms. The molecule has 0 aliphatic carbocycles. The summed E-state index contributed by atoms with van der Waals surface area (Å²) in [5.41, 5.74) is 2.75. The summed E-state index contributed by atoms with van der Waals surface area (Å²) < 4.78 is 26.9. The summed E-state index contributed by atoms with van der Waals surface area (Å²) in [5.74, 6) is -0.918. The molecule has 3 aromatic carbocycles. The summed E-state index contributed by atoms with van der Waals surface area (Å²) in [7, 11) is -2.34. The summed E-state index contributed by atoms with van der Waals surface area (Å²) >= 11 is 12.3. The number of likely N-dealkylation sites (N-methyl/N-ethyl adjacent to an activating group) is 1. The Morgan fingerprint density at radius 1 is 0.900 bits per heavy atom. The predicted molar refractivity (Wildman–Crippen MR) is 162 cm³/mol. The fourth-order valence-electron chi connectivity index (χ4n) is 4.30. The van der Waals surface area contributed by atoms with E-state index in [-0.39, 0.29) is 24.3 Å². The van der Waals surface area contributed by atoms with Crippen molar-refractivity contribution in [1.82, 2.24) is 10.2 Å². The van der Waals surface area contributed by atoms with Crippen LogP contribution in [0.5, 0.6) is 0 Å². The first kappa shape index (κ1) is 31.5. The van der Waals surface area contributed by atoms with E-state index in [2.05, 4.69) is 26.1 Å². The van der Waals surface area contributed by atoms with Gasteiger partial charge in [-0.15, -0.1) is 0 Å². The van der Waals surface area contributed by atoms with Crippen LogP contribution in [-0.2, 0) is 38.0 Å². The number of carbonyl (C=O) groups is 2. The highest BCUT2D eigenvalue weighted by Gasteiger charge is 2.32. The fraction of sp³-hybridized carbons (Fsp3) is 0.333. The minimum Gasteiger partial charge on any atom is -0.357 e. The molecular formula is C30H35Cl2N3O4S. The largest absolute Gasteiger partial charge is 0.357 e. The maximum absolute atomic E-state index is 14.0. The van der Waals surface area contributed by atoms with Crippen LogP contribution in [0.1, 0.15) is 37.5 Å². The number of hydrogen-bond donors (Lipinski definition) is 1. The van der Waals surface area contributed by atoms with Crippen molar-refractivity contribution >= 4 is 50.7 Å². The Labute approximate surface area is 247 Å². The molecule has 0 aliphatic heterocycles. The van der Waals surface area contributed by atoms with Gasteiger partial charge in [-0.3, -0.25) is 13.9 Å². The van der Waals surface area contributed by atoms with E-state index in [4.69, 9.17) is 23.2 Å². The quantitative estimate of drug-likeness (QED) is 0.334. The van der Waals surface area contributed by atoms with Gasteiger partial charge in [0.1, 0.15) is 12.6 Å². The SMILES string of the molecule is CNC(=O)[C@@H](Cc1ccccc1)N(Cc1ccc(Cl)c(Cl)c1)C(=O)CN(c1ccc(C(C)(C)C)cc1)S(C)(=O)=O. The number of carbonyl (C=O) groups excluding carboxylic acids is 2. The van der Waals surface area contributed by atoms with Gasteiger partial charge in [0.2, 0.25) is 21.8 Å². The highest BCUT2D eigenvalue weighted by Crippen LogP contribution is 2.27. The van der Waals surface area contributed by atoms with E-state index in [1.54, 1.807) is 30.3 Å². The molecule has 0 fully saturated rings. The highest BCUT2D eigenvalue weighted by atomic mass is 35.5. The van der Waals surface area contributed by atoms with Gasteiger partial charge < -0.3 is 10.2 Å². The maximum atomic E-state index is 14.0. The van der Waals surface area contributed by atoms with Gasteiger partial charge in [0.05, 0.1) is 22.0 Å². The van der Waals surface area contributed by atoms with E-state index in [9.17, 15) is 18.0 Å². The van der Waals surface area contributed by atoms with E-state index in [0.717, 1.165) is 21.7 Å². The van der Waals surface area contributed by atoms with Crippen molar-refractivity contribution in [2.24, 2.45) is 0 Å². The smallest absolute Gasteiger partial charge is 0.244 e. The van der Waals surface area contributed by atoms with Crippen LogP contribution in [0.15, 0.2) is 72.8 Å². The topological polar surface area (TPSA) is 86.8 Å². The van der Waals surface area contributed by atoms with Gasteiger partial charge in [-0.2, -0.15) is 0 Å². The van der Waals surface area contributed by atoms with Crippen molar-refractivity contribution < 1.29 is 18.0 Å². The summed E-state index contributed by atoms with van der Waals surface area (Å²) in [5, 5.41) is 3.32. The summed E-state index contributed by atoms with van der Waals surface area (Å²) in [6, 6.07) is 20.5. The monoisotopic (exact) mass is 603 g/mol. The van der Waals surface area contributed by atoms with Gasteiger partial charge in [0, 0.05) is 20.0 Å². The zero-order valence-corrected chi connectivity index (χ0v) is 25.6. The fourth-order valence-corrected chi connectivity index (χ4v) is 5.47. The molecule has 0 saturated carbocycles. The number of rotatable bonds is 10. The number of halogens is 2. The average Bonchev–Trinajstić information content (AvgIpc) is 2.90. The number of benzene rings is 3. The molecule has 3 aromatic rings. The molecule has 0 aromatic heterocycles. The molecule has 10 heteroatoms. The molecule has 214 valence electrons. The number of nitrogens with zero attached hydrogens (tertiary/aromatic N) is 2. The minimum absolute atomic E-state index is 0.0151. The predicted octanol–water partition coefficient (Wildman–Crippen LogP) is 5.44. The van der Waals surface area contributed by atoms with Crippen molar-refractivity contribution in [2.75, 3.05) is 24.2 Å². The van der Waals surface area contributed by atoms with Gasteiger partial charge in [-0.1, -0.05) is 92.5 Å². The van der Waals surface area contributed by atoms with Crippen molar-refractivity contribution in [3.05, 3.63) is 99.5 Å². The third-order valence-corrected chi connectivity index (χ3v) is 8.43. The number of anilines is 1. The summed E-state index contributed by atoms with van der Waals surface area (Å²) in [4.78, 5) is 28.6. The first-order chi connectivity index (χ1) is 18.7. The van der Waals surface area contributed by atoms with Gasteiger partial charge in [0.15, 0.2) is 0 Å². The molecule has 0 saturated heterocycles. The Balaban J connectivity index is 2.03. The Bertz CT molecular complexity index is 1440. The molecule has 1 N–H and O–H groups in total. The lowest BCUT2D eigenvalue weighted by Gasteiger charge is -2.33. The third-order valence-electron chi connectivity index (χ3n) is 6.55.